The largest absolute Gasteiger partial charge is 0.273 e. The van der Waals surface area contributed by atoms with Crippen LogP contribution < -0.4 is 5.43 Å². The van der Waals surface area contributed by atoms with Gasteiger partial charge in [0.25, 0.3) is 5.69 Å². The van der Waals surface area contributed by atoms with Crippen LogP contribution in [0, 0.1) is 10.1 Å². The molecule has 1 heterocycles. The number of aromatic nitrogens is 2. The summed E-state index contributed by atoms with van der Waals surface area (Å²) in [5.74, 6) is -0.327. The van der Waals surface area contributed by atoms with E-state index in [1.54, 1.807) is 23.0 Å². The summed E-state index contributed by atoms with van der Waals surface area (Å²) in [6, 6.07) is 25.3. The van der Waals surface area contributed by atoms with Crippen molar-refractivity contribution < 1.29 is 9.72 Å². The molecule has 0 bridgehead atoms. The minimum Gasteiger partial charge on any atom is -0.273 e. The molecule has 4 rings (SSSR count). The van der Waals surface area contributed by atoms with Gasteiger partial charge in [-0.1, -0.05) is 60.7 Å². The fraction of sp³-hybridized carbons (Fsp3) is 0.0417. The van der Waals surface area contributed by atoms with Gasteiger partial charge in [0.1, 0.15) is 5.69 Å². The first kappa shape index (κ1) is 20.7. The normalized spacial score (nSPS) is 10.9. The molecular formula is C24H19N5O3. The molecule has 32 heavy (non-hydrogen) atoms. The second-order valence-electron chi connectivity index (χ2n) is 6.97. The lowest BCUT2D eigenvalue weighted by molar-refractivity contribution is -0.384. The maximum absolute atomic E-state index is 12.2. The third-order valence-corrected chi connectivity index (χ3v) is 4.72. The van der Waals surface area contributed by atoms with Gasteiger partial charge in [-0.25, -0.2) is 10.1 Å². The number of nitro benzene ring substituents is 1. The molecule has 158 valence electrons. The summed E-state index contributed by atoms with van der Waals surface area (Å²) < 4.78 is 1.77. The average molecular weight is 425 g/mol. The van der Waals surface area contributed by atoms with E-state index in [9.17, 15) is 14.9 Å². The van der Waals surface area contributed by atoms with E-state index in [1.807, 2.05) is 66.9 Å². The van der Waals surface area contributed by atoms with E-state index in [2.05, 4.69) is 10.5 Å². The average Bonchev–Trinajstić information content (AvgIpc) is 3.25. The number of nitrogens with zero attached hydrogens (tertiary/aromatic N) is 4. The second kappa shape index (κ2) is 9.48. The Labute approximate surface area is 184 Å². The van der Waals surface area contributed by atoms with Crippen LogP contribution in [-0.2, 0) is 11.2 Å². The van der Waals surface area contributed by atoms with Crippen molar-refractivity contribution in [2.24, 2.45) is 5.10 Å². The fourth-order valence-electron chi connectivity index (χ4n) is 3.15. The Morgan fingerprint density at radius 1 is 1.00 bits per heavy atom. The summed E-state index contributed by atoms with van der Waals surface area (Å²) in [6.07, 6.45) is 3.47. The van der Waals surface area contributed by atoms with Crippen molar-refractivity contribution in [2.45, 2.75) is 6.42 Å². The summed E-state index contributed by atoms with van der Waals surface area (Å²) in [7, 11) is 0. The summed E-state index contributed by atoms with van der Waals surface area (Å²) in [5, 5.41) is 19.5. The van der Waals surface area contributed by atoms with Gasteiger partial charge in [-0.2, -0.15) is 10.2 Å². The number of amides is 1. The lowest BCUT2D eigenvalue weighted by Crippen LogP contribution is -2.19. The molecule has 8 heteroatoms. The number of hydrazone groups is 1. The number of para-hydroxylation sites is 1. The molecule has 0 unspecified atom stereocenters. The molecule has 0 aliphatic rings. The Balaban J connectivity index is 1.50. The Kier molecular flexibility index (Phi) is 6.12. The zero-order valence-corrected chi connectivity index (χ0v) is 17.0. The first-order valence-corrected chi connectivity index (χ1v) is 9.86. The van der Waals surface area contributed by atoms with Gasteiger partial charge in [0.05, 0.1) is 23.2 Å². The molecule has 8 nitrogen and oxygen atoms in total. The molecule has 0 aliphatic heterocycles. The highest BCUT2D eigenvalue weighted by Crippen LogP contribution is 2.22. The number of benzene rings is 3. The van der Waals surface area contributed by atoms with Crippen LogP contribution in [0.4, 0.5) is 5.69 Å². The zero-order valence-electron chi connectivity index (χ0n) is 17.0. The third-order valence-electron chi connectivity index (χ3n) is 4.72. The van der Waals surface area contributed by atoms with E-state index in [4.69, 9.17) is 5.10 Å². The van der Waals surface area contributed by atoms with E-state index in [-0.39, 0.29) is 18.0 Å². The molecular weight excluding hydrogens is 406 g/mol. The second-order valence-corrected chi connectivity index (χ2v) is 6.97. The first-order chi connectivity index (χ1) is 15.6. The lowest BCUT2D eigenvalue weighted by Gasteiger charge is -2.01. The maximum atomic E-state index is 12.2. The van der Waals surface area contributed by atoms with Crippen molar-refractivity contribution in [1.82, 2.24) is 15.2 Å². The van der Waals surface area contributed by atoms with E-state index in [1.165, 1.54) is 12.1 Å². The Morgan fingerprint density at radius 2 is 1.66 bits per heavy atom. The Hall–Kier alpha value is -4.59. The number of hydrogen-bond acceptors (Lipinski definition) is 5. The standard InChI is InChI=1S/C24H19N5O3/c30-23(15-18-11-13-22(14-12-18)29(31)32)26-25-16-20-17-28(21-9-5-2-6-10-21)27-24(20)19-7-3-1-4-8-19/h1-14,16-17H,15H2,(H,26,30). The molecule has 1 amide bonds. The SMILES string of the molecule is O=C(Cc1ccc([N+](=O)[O-])cc1)NN=Cc1cn(-c2ccccc2)nc1-c1ccccc1. The van der Waals surface area contributed by atoms with Crippen LogP contribution in [0.25, 0.3) is 16.9 Å². The van der Waals surface area contributed by atoms with Crippen molar-refractivity contribution in [3.05, 3.63) is 112 Å². The van der Waals surface area contributed by atoms with Crippen molar-refractivity contribution in [2.75, 3.05) is 0 Å². The van der Waals surface area contributed by atoms with Crippen LogP contribution in [0.3, 0.4) is 0 Å². The number of carbonyl (C=O) groups excluding carboxylic acids is 1. The zero-order chi connectivity index (χ0) is 22.3. The maximum Gasteiger partial charge on any atom is 0.269 e. The minimum absolute atomic E-state index is 0.0175. The van der Waals surface area contributed by atoms with Crippen LogP contribution in [0.1, 0.15) is 11.1 Å². The van der Waals surface area contributed by atoms with E-state index in [0.29, 0.717) is 5.56 Å². The van der Waals surface area contributed by atoms with Crippen LogP contribution in [-0.4, -0.2) is 26.8 Å². The van der Waals surface area contributed by atoms with Crippen molar-refractivity contribution >= 4 is 17.8 Å². The topological polar surface area (TPSA) is 102 Å². The molecule has 0 aliphatic carbocycles. The number of nitro groups is 1. The minimum atomic E-state index is -0.478. The van der Waals surface area contributed by atoms with Crippen molar-refractivity contribution in [1.29, 1.82) is 0 Å². The number of carbonyl (C=O) groups is 1. The molecule has 3 aromatic carbocycles. The highest BCUT2D eigenvalue weighted by atomic mass is 16.6. The van der Waals surface area contributed by atoms with Gasteiger partial charge in [-0.05, 0) is 17.7 Å². The van der Waals surface area contributed by atoms with Crippen LogP contribution in [0.15, 0.2) is 96.2 Å². The fourth-order valence-corrected chi connectivity index (χ4v) is 3.15. The first-order valence-electron chi connectivity index (χ1n) is 9.86. The monoisotopic (exact) mass is 425 g/mol. The Morgan fingerprint density at radius 3 is 2.31 bits per heavy atom. The van der Waals surface area contributed by atoms with Crippen LogP contribution in [0.5, 0.6) is 0 Å². The van der Waals surface area contributed by atoms with E-state index >= 15 is 0 Å². The smallest absolute Gasteiger partial charge is 0.269 e. The molecule has 0 fully saturated rings. The predicted molar refractivity (Wildman–Crippen MR) is 122 cm³/mol. The van der Waals surface area contributed by atoms with E-state index < -0.39 is 4.92 Å². The molecule has 0 radical (unpaired) electrons. The third kappa shape index (κ3) is 4.93. The predicted octanol–water partition coefficient (Wildman–Crippen LogP) is 4.14. The summed E-state index contributed by atoms with van der Waals surface area (Å²) in [5.41, 5.74) is 6.47. The van der Waals surface area contributed by atoms with Crippen LogP contribution >= 0.6 is 0 Å². The number of hydrogen-bond donors (Lipinski definition) is 1. The Bertz CT molecular complexity index is 1250. The number of rotatable bonds is 7. The van der Waals surface area contributed by atoms with Crippen LogP contribution in [0.2, 0.25) is 0 Å². The van der Waals surface area contributed by atoms with Gasteiger partial charge in [0.2, 0.25) is 5.91 Å². The highest BCUT2D eigenvalue weighted by Gasteiger charge is 2.11. The number of nitrogens with one attached hydrogen (secondary N) is 1. The van der Waals surface area contributed by atoms with Gasteiger partial charge >= 0.3 is 0 Å². The molecule has 4 aromatic rings. The number of non-ortho nitro benzene ring substituents is 1. The summed E-state index contributed by atoms with van der Waals surface area (Å²) in [4.78, 5) is 22.5. The van der Waals surface area contributed by atoms with Gasteiger partial charge in [0.15, 0.2) is 0 Å². The molecule has 1 aromatic heterocycles. The van der Waals surface area contributed by atoms with Gasteiger partial charge in [0, 0.05) is 29.5 Å². The molecule has 1 N–H and O–H groups in total. The molecule has 0 atom stereocenters. The van der Waals surface area contributed by atoms with Gasteiger partial charge < -0.3 is 0 Å². The summed E-state index contributed by atoms with van der Waals surface area (Å²) in [6.45, 7) is 0. The van der Waals surface area contributed by atoms with Gasteiger partial charge in [-0.3, -0.25) is 14.9 Å². The quantitative estimate of drug-likeness (QED) is 0.273. The summed E-state index contributed by atoms with van der Waals surface area (Å²) >= 11 is 0. The lowest BCUT2D eigenvalue weighted by atomic mass is 10.1. The van der Waals surface area contributed by atoms with Gasteiger partial charge in [-0.15, -0.1) is 0 Å². The molecule has 0 spiro atoms. The highest BCUT2D eigenvalue weighted by molar-refractivity contribution is 5.89. The molecule has 0 saturated heterocycles. The molecule has 0 saturated carbocycles. The van der Waals surface area contributed by atoms with Crippen molar-refractivity contribution in [3.63, 3.8) is 0 Å². The van der Waals surface area contributed by atoms with E-state index in [0.717, 1.165) is 22.5 Å². The van der Waals surface area contributed by atoms with Crippen molar-refractivity contribution in [3.8, 4) is 16.9 Å².